The topological polar surface area (TPSA) is 49.8 Å². The second-order valence-corrected chi connectivity index (χ2v) is 5.88. The van der Waals surface area contributed by atoms with Gasteiger partial charge < -0.3 is 10.6 Å². The number of nitrogens with zero attached hydrogens (tertiary/aromatic N) is 2. The van der Waals surface area contributed by atoms with Gasteiger partial charge in [-0.2, -0.15) is 4.98 Å². The lowest BCUT2D eigenvalue weighted by atomic mass is 10.1. The molecule has 0 spiro atoms. The summed E-state index contributed by atoms with van der Waals surface area (Å²) in [6.45, 7) is 3.99. The Morgan fingerprint density at radius 1 is 0.920 bits per heavy atom. The van der Waals surface area contributed by atoms with E-state index in [1.807, 2.05) is 50.2 Å². The van der Waals surface area contributed by atoms with E-state index in [1.54, 1.807) is 0 Å². The Morgan fingerprint density at radius 3 is 2.36 bits per heavy atom. The molecule has 3 aromatic rings. The summed E-state index contributed by atoms with van der Waals surface area (Å²) >= 11 is 0. The summed E-state index contributed by atoms with van der Waals surface area (Å²) in [4.78, 5) is 8.81. The molecule has 0 atom stereocenters. The first kappa shape index (κ1) is 16.8. The van der Waals surface area contributed by atoms with Crippen LogP contribution >= 0.6 is 0 Å². The molecule has 0 saturated carbocycles. The fourth-order valence-electron chi connectivity index (χ4n) is 2.34. The highest BCUT2D eigenvalue weighted by atomic mass is 19.1. The number of benzene rings is 2. The number of nitrogens with one attached hydrogen (secondary N) is 2. The molecule has 0 bridgehead atoms. The summed E-state index contributed by atoms with van der Waals surface area (Å²) in [6, 6.07) is 14.9. The Kier molecular flexibility index (Phi) is 4.88. The first-order chi connectivity index (χ1) is 12.0. The minimum absolute atomic E-state index is 0.113. The van der Waals surface area contributed by atoms with Crippen molar-refractivity contribution in [2.75, 3.05) is 10.6 Å². The van der Waals surface area contributed by atoms with Crippen LogP contribution in [-0.4, -0.2) is 16.0 Å². The van der Waals surface area contributed by atoms with Gasteiger partial charge in [0, 0.05) is 23.7 Å². The van der Waals surface area contributed by atoms with Crippen molar-refractivity contribution >= 4 is 17.5 Å². The van der Waals surface area contributed by atoms with Crippen LogP contribution in [0.2, 0.25) is 0 Å². The predicted octanol–water partition coefficient (Wildman–Crippen LogP) is 4.99. The van der Waals surface area contributed by atoms with Crippen molar-refractivity contribution in [3.8, 4) is 11.3 Å². The van der Waals surface area contributed by atoms with Gasteiger partial charge in [-0.1, -0.05) is 30.3 Å². The third-order valence-electron chi connectivity index (χ3n) is 3.41. The lowest BCUT2D eigenvalue weighted by Crippen LogP contribution is -2.12. The van der Waals surface area contributed by atoms with Crippen LogP contribution in [0.3, 0.4) is 0 Å². The van der Waals surface area contributed by atoms with Crippen molar-refractivity contribution in [3.05, 3.63) is 66.2 Å². The van der Waals surface area contributed by atoms with Gasteiger partial charge in [-0.05, 0) is 26.0 Å². The maximum absolute atomic E-state index is 13.9. The van der Waals surface area contributed by atoms with Crippen molar-refractivity contribution in [2.45, 2.75) is 19.9 Å². The number of aromatic nitrogens is 2. The van der Waals surface area contributed by atoms with E-state index in [1.165, 1.54) is 12.1 Å². The lowest BCUT2D eigenvalue weighted by molar-refractivity contribution is 0.586. The normalized spacial score (nSPS) is 10.8. The molecular weight excluding hydrogens is 322 g/mol. The molecule has 0 radical (unpaired) electrons. The third kappa shape index (κ3) is 4.29. The Labute approximate surface area is 145 Å². The zero-order chi connectivity index (χ0) is 17.8. The van der Waals surface area contributed by atoms with Crippen LogP contribution in [0.15, 0.2) is 54.6 Å². The van der Waals surface area contributed by atoms with E-state index >= 15 is 0 Å². The van der Waals surface area contributed by atoms with E-state index < -0.39 is 11.6 Å². The third-order valence-corrected chi connectivity index (χ3v) is 3.41. The zero-order valence-corrected chi connectivity index (χ0v) is 13.9. The minimum Gasteiger partial charge on any atom is -0.368 e. The Balaban J connectivity index is 2.00. The molecule has 128 valence electrons. The fraction of sp³-hybridized carbons (Fsp3) is 0.158. The van der Waals surface area contributed by atoms with Crippen LogP contribution in [0.25, 0.3) is 11.3 Å². The largest absolute Gasteiger partial charge is 0.368 e. The van der Waals surface area contributed by atoms with Gasteiger partial charge in [0.15, 0.2) is 0 Å². The molecule has 0 saturated heterocycles. The molecule has 3 rings (SSSR count). The van der Waals surface area contributed by atoms with Crippen molar-refractivity contribution in [1.29, 1.82) is 0 Å². The molecule has 4 nitrogen and oxygen atoms in total. The van der Waals surface area contributed by atoms with Crippen LogP contribution in [-0.2, 0) is 0 Å². The van der Waals surface area contributed by atoms with Crippen molar-refractivity contribution in [3.63, 3.8) is 0 Å². The van der Waals surface area contributed by atoms with Crippen LogP contribution in [0, 0.1) is 11.6 Å². The second kappa shape index (κ2) is 7.25. The molecule has 0 aliphatic carbocycles. The second-order valence-electron chi connectivity index (χ2n) is 5.88. The molecule has 0 aliphatic rings. The average Bonchev–Trinajstić information content (AvgIpc) is 2.57. The minimum atomic E-state index is -0.702. The average molecular weight is 340 g/mol. The quantitative estimate of drug-likeness (QED) is 0.687. The van der Waals surface area contributed by atoms with Crippen LogP contribution < -0.4 is 10.6 Å². The smallest absolute Gasteiger partial charge is 0.229 e. The summed E-state index contributed by atoms with van der Waals surface area (Å²) in [7, 11) is 0. The van der Waals surface area contributed by atoms with Gasteiger partial charge >= 0.3 is 0 Å². The molecule has 1 aromatic heterocycles. The van der Waals surface area contributed by atoms with E-state index in [0.717, 1.165) is 11.6 Å². The highest BCUT2D eigenvalue weighted by molar-refractivity contribution is 5.66. The molecule has 6 heteroatoms. The first-order valence-corrected chi connectivity index (χ1v) is 7.94. The van der Waals surface area contributed by atoms with Gasteiger partial charge in [0.1, 0.15) is 17.5 Å². The standard InChI is InChI=1S/C19H18F2N4/c1-12(2)22-18-11-17(13-6-4-3-5-7-13)24-19(25-18)23-16-9-8-14(20)10-15(16)21/h3-12H,1-2H3,(H2,22,23,24,25). The van der Waals surface area contributed by atoms with Crippen molar-refractivity contribution in [1.82, 2.24) is 9.97 Å². The van der Waals surface area contributed by atoms with Gasteiger partial charge in [0.2, 0.25) is 5.95 Å². The predicted molar refractivity (Wildman–Crippen MR) is 95.9 cm³/mol. The summed E-state index contributed by atoms with van der Waals surface area (Å²) in [6.07, 6.45) is 0. The molecule has 0 amide bonds. The van der Waals surface area contributed by atoms with E-state index in [9.17, 15) is 8.78 Å². The molecule has 0 aliphatic heterocycles. The van der Waals surface area contributed by atoms with E-state index in [0.29, 0.717) is 11.5 Å². The fourth-order valence-corrected chi connectivity index (χ4v) is 2.34. The maximum Gasteiger partial charge on any atom is 0.229 e. The van der Waals surface area contributed by atoms with Crippen LogP contribution in [0.5, 0.6) is 0 Å². The SMILES string of the molecule is CC(C)Nc1cc(-c2ccccc2)nc(Nc2ccc(F)cc2F)n1. The number of halogens is 2. The highest BCUT2D eigenvalue weighted by Gasteiger charge is 2.10. The van der Waals surface area contributed by atoms with Gasteiger partial charge in [0.25, 0.3) is 0 Å². The first-order valence-electron chi connectivity index (χ1n) is 7.94. The molecule has 2 N–H and O–H groups in total. The van der Waals surface area contributed by atoms with E-state index in [-0.39, 0.29) is 17.7 Å². The summed E-state index contributed by atoms with van der Waals surface area (Å²) in [5.74, 6) is -0.486. The molecule has 25 heavy (non-hydrogen) atoms. The Bertz CT molecular complexity index is 867. The zero-order valence-electron chi connectivity index (χ0n) is 13.9. The number of rotatable bonds is 5. The molecule has 1 heterocycles. The molecule has 0 fully saturated rings. The van der Waals surface area contributed by atoms with Crippen molar-refractivity contribution < 1.29 is 8.78 Å². The van der Waals surface area contributed by atoms with Gasteiger partial charge in [-0.15, -0.1) is 0 Å². The maximum atomic E-state index is 13.9. The molecule has 0 unspecified atom stereocenters. The summed E-state index contributed by atoms with van der Waals surface area (Å²) in [5, 5.41) is 6.04. The van der Waals surface area contributed by atoms with E-state index in [4.69, 9.17) is 0 Å². The Morgan fingerprint density at radius 2 is 1.68 bits per heavy atom. The van der Waals surface area contributed by atoms with E-state index in [2.05, 4.69) is 20.6 Å². The number of anilines is 3. The van der Waals surface area contributed by atoms with Crippen LogP contribution in [0.4, 0.5) is 26.2 Å². The van der Waals surface area contributed by atoms with Crippen molar-refractivity contribution in [2.24, 2.45) is 0 Å². The number of hydrogen-bond donors (Lipinski definition) is 2. The van der Waals surface area contributed by atoms with Gasteiger partial charge in [-0.25, -0.2) is 13.8 Å². The lowest BCUT2D eigenvalue weighted by Gasteiger charge is -2.13. The molecule has 2 aromatic carbocycles. The Hall–Kier alpha value is -3.02. The number of hydrogen-bond acceptors (Lipinski definition) is 4. The summed E-state index contributed by atoms with van der Waals surface area (Å²) in [5.41, 5.74) is 1.73. The van der Waals surface area contributed by atoms with Gasteiger partial charge in [-0.3, -0.25) is 0 Å². The monoisotopic (exact) mass is 340 g/mol. The highest BCUT2D eigenvalue weighted by Crippen LogP contribution is 2.24. The van der Waals surface area contributed by atoms with Gasteiger partial charge in [0.05, 0.1) is 11.4 Å². The van der Waals surface area contributed by atoms with Crippen LogP contribution in [0.1, 0.15) is 13.8 Å². The summed E-state index contributed by atoms with van der Waals surface area (Å²) < 4.78 is 27.0. The molecular formula is C19H18F2N4.